The minimum absolute atomic E-state index is 0.487. The molecule has 1 N–H and O–H groups in total. The minimum atomic E-state index is 0.487. The number of hydrogen-bond acceptors (Lipinski definition) is 1. The van der Waals surface area contributed by atoms with Gasteiger partial charge in [-0.15, -0.1) is 0 Å². The molecule has 1 aromatic carbocycles. The Morgan fingerprint density at radius 2 is 1.59 bits per heavy atom. The number of aryl methyl sites for hydroxylation is 1. The van der Waals surface area contributed by atoms with Gasteiger partial charge in [0.05, 0.1) is 0 Å². The van der Waals surface area contributed by atoms with Crippen LogP contribution in [0.3, 0.4) is 0 Å². The van der Waals surface area contributed by atoms with Crippen molar-refractivity contribution >= 4 is 0 Å². The Morgan fingerprint density at radius 3 is 2.24 bits per heavy atom. The number of rotatable bonds is 6. The lowest BCUT2D eigenvalue weighted by Crippen LogP contribution is -1.96. The van der Waals surface area contributed by atoms with Crippen LogP contribution in [0.2, 0.25) is 0 Å². The fourth-order valence-electron chi connectivity index (χ4n) is 2.34. The molecule has 0 aliphatic carbocycles. The second-order valence-corrected chi connectivity index (χ2v) is 5.11. The summed E-state index contributed by atoms with van der Waals surface area (Å²) in [6, 6.07) is 1.91. The molecule has 0 spiro atoms. The van der Waals surface area contributed by atoms with Crippen molar-refractivity contribution in [3.05, 3.63) is 28.3 Å². The Bertz CT molecular complexity index is 366. The molecule has 0 fully saturated rings. The first-order chi connectivity index (χ1) is 8.07. The molecule has 0 heterocycles. The van der Waals surface area contributed by atoms with Crippen molar-refractivity contribution in [2.24, 2.45) is 0 Å². The van der Waals surface area contributed by atoms with Crippen molar-refractivity contribution in [1.82, 2.24) is 0 Å². The number of phenols is 1. The van der Waals surface area contributed by atoms with E-state index < -0.39 is 0 Å². The summed E-state index contributed by atoms with van der Waals surface area (Å²) in [4.78, 5) is 0. The molecule has 0 aliphatic heterocycles. The highest BCUT2D eigenvalue weighted by atomic mass is 16.3. The maximum absolute atomic E-state index is 10.00. The van der Waals surface area contributed by atoms with Crippen molar-refractivity contribution in [3.8, 4) is 5.75 Å². The van der Waals surface area contributed by atoms with Crippen molar-refractivity contribution in [3.63, 3.8) is 0 Å². The van der Waals surface area contributed by atoms with E-state index in [0.29, 0.717) is 5.75 Å². The molecule has 0 saturated carbocycles. The van der Waals surface area contributed by atoms with Crippen LogP contribution in [0, 0.1) is 20.8 Å². The van der Waals surface area contributed by atoms with E-state index in [9.17, 15) is 5.11 Å². The zero-order chi connectivity index (χ0) is 12.8. The van der Waals surface area contributed by atoms with Crippen LogP contribution in [0.1, 0.15) is 61.3 Å². The van der Waals surface area contributed by atoms with Gasteiger partial charge in [0.15, 0.2) is 0 Å². The van der Waals surface area contributed by atoms with Gasteiger partial charge in [0.2, 0.25) is 0 Å². The Balaban J connectivity index is 2.62. The van der Waals surface area contributed by atoms with Gasteiger partial charge in [-0.1, -0.05) is 32.6 Å². The van der Waals surface area contributed by atoms with Gasteiger partial charge in [-0.2, -0.15) is 0 Å². The largest absolute Gasteiger partial charge is 0.508 e. The molecule has 17 heavy (non-hydrogen) atoms. The highest BCUT2D eigenvalue weighted by Gasteiger charge is 2.09. The SMILES string of the molecule is CCCCCCCc1c(O)cc(C)c(C)c1C. The van der Waals surface area contributed by atoms with E-state index in [1.54, 1.807) is 0 Å². The third kappa shape index (κ3) is 3.76. The Morgan fingerprint density at radius 1 is 0.941 bits per heavy atom. The third-order valence-electron chi connectivity index (χ3n) is 3.80. The molecule has 0 atom stereocenters. The van der Waals surface area contributed by atoms with Gasteiger partial charge in [0.25, 0.3) is 0 Å². The highest BCUT2D eigenvalue weighted by molar-refractivity contribution is 5.47. The van der Waals surface area contributed by atoms with E-state index in [1.165, 1.54) is 48.8 Å². The van der Waals surface area contributed by atoms with E-state index in [4.69, 9.17) is 0 Å². The zero-order valence-corrected chi connectivity index (χ0v) is 11.8. The summed E-state index contributed by atoms with van der Waals surface area (Å²) < 4.78 is 0. The van der Waals surface area contributed by atoms with Crippen molar-refractivity contribution < 1.29 is 5.11 Å². The number of hydrogen-bond donors (Lipinski definition) is 1. The number of phenolic OH excluding ortho intramolecular Hbond substituents is 1. The summed E-state index contributed by atoms with van der Waals surface area (Å²) in [7, 11) is 0. The van der Waals surface area contributed by atoms with Crippen LogP contribution in [0.5, 0.6) is 5.75 Å². The number of benzene rings is 1. The third-order valence-corrected chi connectivity index (χ3v) is 3.80. The minimum Gasteiger partial charge on any atom is -0.508 e. The molecular formula is C16H26O. The smallest absolute Gasteiger partial charge is 0.119 e. The van der Waals surface area contributed by atoms with Crippen LogP contribution in [0.25, 0.3) is 0 Å². The molecule has 1 rings (SSSR count). The van der Waals surface area contributed by atoms with E-state index in [-0.39, 0.29) is 0 Å². The average Bonchev–Trinajstić information content (AvgIpc) is 2.30. The fourth-order valence-corrected chi connectivity index (χ4v) is 2.34. The molecule has 0 bridgehead atoms. The highest BCUT2D eigenvalue weighted by Crippen LogP contribution is 2.28. The van der Waals surface area contributed by atoms with E-state index in [2.05, 4.69) is 27.7 Å². The fraction of sp³-hybridized carbons (Fsp3) is 0.625. The summed E-state index contributed by atoms with van der Waals surface area (Å²) in [5.74, 6) is 0.487. The van der Waals surface area contributed by atoms with Crippen molar-refractivity contribution in [2.75, 3.05) is 0 Å². The standard InChI is InChI=1S/C16H26O/c1-5-6-7-8-9-10-15-14(4)13(3)12(2)11-16(15)17/h11,17H,5-10H2,1-4H3. The van der Waals surface area contributed by atoms with Gasteiger partial charge in [-0.05, 0) is 61.9 Å². The van der Waals surface area contributed by atoms with Crippen LogP contribution in [-0.4, -0.2) is 5.11 Å². The van der Waals surface area contributed by atoms with Crippen LogP contribution in [0.15, 0.2) is 6.07 Å². The van der Waals surface area contributed by atoms with Gasteiger partial charge < -0.3 is 5.11 Å². The average molecular weight is 234 g/mol. The maximum atomic E-state index is 10.00. The van der Waals surface area contributed by atoms with E-state index >= 15 is 0 Å². The molecule has 1 heteroatoms. The molecule has 0 aliphatic rings. The number of unbranched alkanes of at least 4 members (excludes halogenated alkanes) is 4. The lowest BCUT2D eigenvalue weighted by molar-refractivity contribution is 0.464. The van der Waals surface area contributed by atoms with Gasteiger partial charge in [0.1, 0.15) is 5.75 Å². The predicted octanol–water partition coefficient (Wildman–Crippen LogP) is 4.83. The quantitative estimate of drug-likeness (QED) is 0.699. The Hall–Kier alpha value is -0.980. The molecule has 1 nitrogen and oxygen atoms in total. The molecule has 1 aromatic rings. The maximum Gasteiger partial charge on any atom is 0.119 e. The monoisotopic (exact) mass is 234 g/mol. The first kappa shape index (κ1) is 14.1. The first-order valence-electron chi connectivity index (χ1n) is 6.86. The summed E-state index contributed by atoms with van der Waals surface area (Å²) in [5, 5.41) is 10.00. The van der Waals surface area contributed by atoms with Gasteiger partial charge >= 0.3 is 0 Å². The van der Waals surface area contributed by atoms with Crippen LogP contribution >= 0.6 is 0 Å². The van der Waals surface area contributed by atoms with Crippen LogP contribution < -0.4 is 0 Å². The lowest BCUT2D eigenvalue weighted by atomic mass is 9.94. The van der Waals surface area contributed by atoms with E-state index in [0.717, 1.165) is 12.0 Å². The molecule has 0 radical (unpaired) electrons. The topological polar surface area (TPSA) is 20.2 Å². The lowest BCUT2D eigenvalue weighted by Gasteiger charge is -2.13. The zero-order valence-electron chi connectivity index (χ0n) is 11.8. The summed E-state index contributed by atoms with van der Waals surface area (Å²) in [6.45, 7) is 8.57. The normalized spacial score (nSPS) is 10.8. The predicted molar refractivity (Wildman–Crippen MR) is 74.8 cm³/mol. The van der Waals surface area contributed by atoms with Crippen molar-refractivity contribution in [1.29, 1.82) is 0 Å². The van der Waals surface area contributed by atoms with Gasteiger partial charge in [-0.3, -0.25) is 0 Å². The van der Waals surface area contributed by atoms with Crippen LogP contribution in [-0.2, 0) is 6.42 Å². The Labute approximate surface area is 106 Å². The summed E-state index contributed by atoms with van der Waals surface area (Å²) >= 11 is 0. The van der Waals surface area contributed by atoms with Crippen molar-refractivity contribution in [2.45, 2.75) is 66.2 Å². The summed E-state index contributed by atoms with van der Waals surface area (Å²) in [6.07, 6.45) is 7.42. The molecule has 0 unspecified atom stereocenters. The molecular weight excluding hydrogens is 208 g/mol. The molecule has 0 aromatic heterocycles. The number of aromatic hydroxyl groups is 1. The molecule has 96 valence electrons. The second-order valence-electron chi connectivity index (χ2n) is 5.11. The molecule has 0 amide bonds. The Kier molecular flexibility index (Phi) is 5.54. The first-order valence-corrected chi connectivity index (χ1v) is 6.86. The van der Waals surface area contributed by atoms with Gasteiger partial charge in [0, 0.05) is 0 Å². The van der Waals surface area contributed by atoms with Gasteiger partial charge in [-0.25, -0.2) is 0 Å². The second kappa shape index (κ2) is 6.68. The molecule has 0 saturated heterocycles. The van der Waals surface area contributed by atoms with E-state index in [1.807, 2.05) is 6.07 Å². The summed E-state index contributed by atoms with van der Waals surface area (Å²) in [5.41, 5.74) is 4.95. The van der Waals surface area contributed by atoms with Crippen LogP contribution in [0.4, 0.5) is 0 Å².